The fourth-order valence-electron chi connectivity index (χ4n) is 4.11. The summed E-state index contributed by atoms with van der Waals surface area (Å²) in [7, 11) is 1.69. The lowest BCUT2D eigenvalue weighted by Gasteiger charge is -2.37. The van der Waals surface area contributed by atoms with Crippen LogP contribution < -0.4 is 10.1 Å². The summed E-state index contributed by atoms with van der Waals surface area (Å²) in [5, 5.41) is 5.20. The van der Waals surface area contributed by atoms with Gasteiger partial charge in [-0.25, -0.2) is 0 Å². The third-order valence-electron chi connectivity index (χ3n) is 5.62. The van der Waals surface area contributed by atoms with E-state index < -0.39 is 0 Å². The Morgan fingerprint density at radius 3 is 2.80 bits per heavy atom. The summed E-state index contributed by atoms with van der Waals surface area (Å²) < 4.78 is 5.26. The molecule has 1 aliphatic rings. The molecular weight excluding hydrogens is 394 g/mol. The number of methoxy groups -OCH3 is 1. The summed E-state index contributed by atoms with van der Waals surface area (Å²) in [6, 6.07) is 17.9. The van der Waals surface area contributed by atoms with E-state index in [0.29, 0.717) is 5.92 Å². The SMILES string of the molecule is COc1ccc(CN2CCCC(C(NC(=O)c3cccs3)c3ccccn3)C2)cc1. The van der Waals surface area contributed by atoms with Crippen LogP contribution in [0.4, 0.5) is 0 Å². The average Bonchev–Trinajstić information content (AvgIpc) is 3.34. The summed E-state index contributed by atoms with van der Waals surface area (Å²) in [6.07, 6.45) is 3.99. The van der Waals surface area contributed by atoms with Crippen LogP contribution in [-0.4, -0.2) is 36.0 Å². The van der Waals surface area contributed by atoms with Crippen molar-refractivity contribution in [1.29, 1.82) is 0 Å². The Morgan fingerprint density at radius 1 is 1.23 bits per heavy atom. The monoisotopic (exact) mass is 421 g/mol. The van der Waals surface area contributed by atoms with Gasteiger partial charge in [0.1, 0.15) is 5.75 Å². The highest BCUT2D eigenvalue weighted by molar-refractivity contribution is 7.12. The van der Waals surface area contributed by atoms with E-state index in [1.165, 1.54) is 16.9 Å². The van der Waals surface area contributed by atoms with Crippen molar-refractivity contribution in [3.8, 4) is 5.75 Å². The number of nitrogens with one attached hydrogen (secondary N) is 1. The number of aromatic nitrogens is 1. The van der Waals surface area contributed by atoms with Gasteiger partial charge in [0, 0.05) is 19.3 Å². The Kier molecular flexibility index (Phi) is 6.77. The number of hydrogen-bond donors (Lipinski definition) is 1. The lowest BCUT2D eigenvalue weighted by atomic mass is 9.88. The molecule has 30 heavy (non-hydrogen) atoms. The number of nitrogens with zero attached hydrogens (tertiary/aromatic N) is 2. The molecule has 0 radical (unpaired) electrons. The number of amides is 1. The second-order valence-corrected chi connectivity index (χ2v) is 8.62. The molecule has 0 bridgehead atoms. The van der Waals surface area contributed by atoms with E-state index in [1.807, 2.05) is 47.8 Å². The number of likely N-dealkylation sites (tertiary alicyclic amines) is 1. The zero-order valence-electron chi connectivity index (χ0n) is 17.2. The Bertz CT molecular complexity index is 929. The summed E-state index contributed by atoms with van der Waals surface area (Å²) >= 11 is 1.47. The summed E-state index contributed by atoms with van der Waals surface area (Å²) in [6.45, 7) is 2.89. The van der Waals surface area contributed by atoms with Gasteiger partial charge in [0.15, 0.2) is 0 Å². The number of thiophene rings is 1. The zero-order chi connectivity index (χ0) is 20.8. The van der Waals surface area contributed by atoms with Crippen LogP contribution in [0, 0.1) is 5.92 Å². The predicted molar refractivity (Wildman–Crippen MR) is 120 cm³/mol. The van der Waals surface area contributed by atoms with E-state index in [9.17, 15) is 4.79 Å². The van der Waals surface area contributed by atoms with E-state index in [1.54, 1.807) is 13.3 Å². The van der Waals surface area contributed by atoms with Crippen LogP contribution in [0.1, 0.15) is 39.8 Å². The molecule has 4 rings (SSSR count). The van der Waals surface area contributed by atoms with Gasteiger partial charge in [-0.15, -0.1) is 11.3 Å². The first-order valence-corrected chi connectivity index (χ1v) is 11.2. The van der Waals surface area contributed by atoms with Gasteiger partial charge in [-0.3, -0.25) is 14.7 Å². The van der Waals surface area contributed by atoms with Crippen molar-refractivity contribution in [3.05, 3.63) is 82.3 Å². The summed E-state index contributed by atoms with van der Waals surface area (Å²) in [5.41, 5.74) is 2.20. The standard InChI is InChI=1S/C24H27N3O2S/c1-29-20-11-9-18(10-12-20)16-27-14-4-6-19(17-27)23(21-7-2-3-13-25-21)26-24(28)22-8-5-15-30-22/h2-3,5,7-13,15,19,23H,4,6,14,16-17H2,1H3,(H,26,28). The summed E-state index contributed by atoms with van der Waals surface area (Å²) in [5.74, 6) is 1.17. The highest BCUT2D eigenvalue weighted by atomic mass is 32.1. The molecule has 3 aromatic rings. The molecule has 0 aliphatic carbocycles. The van der Waals surface area contributed by atoms with Crippen molar-refractivity contribution in [2.75, 3.05) is 20.2 Å². The largest absolute Gasteiger partial charge is 0.497 e. The number of carbonyl (C=O) groups excluding carboxylic acids is 1. The third kappa shape index (κ3) is 5.07. The molecule has 1 aliphatic heterocycles. The van der Waals surface area contributed by atoms with Gasteiger partial charge in [-0.05, 0) is 66.6 Å². The normalized spacial score (nSPS) is 18.0. The summed E-state index contributed by atoms with van der Waals surface area (Å²) in [4.78, 5) is 20.6. The molecule has 1 fully saturated rings. The van der Waals surface area contributed by atoms with Crippen molar-refractivity contribution in [3.63, 3.8) is 0 Å². The molecule has 1 aromatic carbocycles. The van der Waals surface area contributed by atoms with Crippen LogP contribution in [0.15, 0.2) is 66.2 Å². The molecule has 6 heteroatoms. The molecule has 1 N–H and O–H groups in total. The molecule has 2 unspecified atom stereocenters. The first-order chi connectivity index (χ1) is 14.7. The fraction of sp³-hybridized carbons (Fsp3) is 0.333. The van der Waals surface area contributed by atoms with Crippen molar-refractivity contribution in [1.82, 2.24) is 15.2 Å². The zero-order valence-corrected chi connectivity index (χ0v) is 18.0. The Labute approximate surface area is 181 Å². The molecular formula is C24H27N3O2S. The smallest absolute Gasteiger partial charge is 0.261 e. The number of benzene rings is 1. The van der Waals surface area contributed by atoms with Crippen LogP contribution in [0.2, 0.25) is 0 Å². The Morgan fingerprint density at radius 2 is 2.10 bits per heavy atom. The number of hydrogen-bond acceptors (Lipinski definition) is 5. The van der Waals surface area contributed by atoms with Crippen molar-refractivity contribution >= 4 is 17.2 Å². The fourth-order valence-corrected chi connectivity index (χ4v) is 4.74. The van der Waals surface area contributed by atoms with Crippen molar-refractivity contribution in [2.24, 2.45) is 5.92 Å². The third-order valence-corrected chi connectivity index (χ3v) is 6.49. The topological polar surface area (TPSA) is 54.5 Å². The molecule has 1 amide bonds. The number of carbonyl (C=O) groups is 1. The first-order valence-electron chi connectivity index (χ1n) is 10.3. The van der Waals surface area contributed by atoms with Crippen molar-refractivity contribution < 1.29 is 9.53 Å². The maximum Gasteiger partial charge on any atom is 0.261 e. The maximum absolute atomic E-state index is 12.8. The quantitative estimate of drug-likeness (QED) is 0.609. The van der Waals surface area contributed by atoms with Gasteiger partial charge >= 0.3 is 0 Å². The van der Waals surface area contributed by atoms with Crippen LogP contribution in [-0.2, 0) is 6.54 Å². The van der Waals surface area contributed by atoms with Crippen LogP contribution in [0.3, 0.4) is 0 Å². The second-order valence-electron chi connectivity index (χ2n) is 7.67. The van der Waals surface area contributed by atoms with E-state index in [0.717, 1.165) is 48.8 Å². The second kappa shape index (κ2) is 9.87. The number of rotatable bonds is 7. The van der Waals surface area contributed by atoms with Gasteiger partial charge in [-0.2, -0.15) is 0 Å². The van der Waals surface area contributed by atoms with Gasteiger partial charge in [0.25, 0.3) is 5.91 Å². The van der Waals surface area contributed by atoms with Gasteiger partial charge in [0.05, 0.1) is 23.7 Å². The Hall–Kier alpha value is -2.70. The Balaban J connectivity index is 1.48. The highest BCUT2D eigenvalue weighted by Crippen LogP contribution is 2.30. The van der Waals surface area contributed by atoms with Gasteiger partial charge in [0.2, 0.25) is 0 Å². The van der Waals surface area contributed by atoms with E-state index >= 15 is 0 Å². The minimum Gasteiger partial charge on any atom is -0.497 e. The molecule has 3 heterocycles. The van der Waals surface area contributed by atoms with Crippen molar-refractivity contribution in [2.45, 2.75) is 25.4 Å². The number of piperidine rings is 1. The molecule has 0 spiro atoms. The van der Waals surface area contributed by atoms with E-state index in [4.69, 9.17) is 4.74 Å². The van der Waals surface area contributed by atoms with Crippen LogP contribution in [0.5, 0.6) is 5.75 Å². The lowest BCUT2D eigenvalue weighted by Crippen LogP contribution is -2.42. The molecule has 5 nitrogen and oxygen atoms in total. The maximum atomic E-state index is 12.8. The molecule has 1 saturated heterocycles. The van der Waals surface area contributed by atoms with Gasteiger partial charge in [-0.1, -0.05) is 24.3 Å². The lowest BCUT2D eigenvalue weighted by molar-refractivity contribution is 0.0879. The van der Waals surface area contributed by atoms with Crippen LogP contribution >= 0.6 is 11.3 Å². The molecule has 0 saturated carbocycles. The first kappa shape index (κ1) is 20.6. The highest BCUT2D eigenvalue weighted by Gasteiger charge is 2.30. The van der Waals surface area contributed by atoms with Crippen LogP contribution in [0.25, 0.3) is 0 Å². The number of ether oxygens (including phenoxy) is 1. The van der Waals surface area contributed by atoms with E-state index in [-0.39, 0.29) is 11.9 Å². The number of pyridine rings is 1. The molecule has 2 atom stereocenters. The van der Waals surface area contributed by atoms with E-state index in [2.05, 4.69) is 27.3 Å². The van der Waals surface area contributed by atoms with Gasteiger partial charge < -0.3 is 10.1 Å². The average molecular weight is 422 g/mol. The molecule has 2 aromatic heterocycles. The minimum atomic E-state index is -0.0977. The predicted octanol–water partition coefficient (Wildman–Crippen LogP) is 4.54. The molecule has 156 valence electrons. The minimum absolute atomic E-state index is 0.0204.